The van der Waals surface area contributed by atoms with E-state index in [0.29, 0.717) is 10.8 Å². The lowest BCUT2D eigenvalue weighted by Gasteiger charge is -2.37. The summed E-state index contributed by atoms with van der Waals surface area (Å²) in [5.74, 6) is 0.992. The Hall–Kier alpha value is 0. The SMILES string of the molecule is CC(C)(C)CC(C)(C)C1CCCC1. The van der Waals surface area contributed by atoms with Crippen LogP contribution < -0.4 is 0 Å². The maximum absolute atomic E-state index is 2.47. The molecular weight excluding hydrogens is 156 g/mol. The molecule has 0 saturated heterocycles. The van der Waals surface area contributed by atoms with Crippen LogP contribution in [0.4, 0.5) is 0 Å². The Bertz CT molecular complexity index is 153. The van der Waals surface area contributed by atoms with Crippen LogP contribution in [0.2, 0.25) is 0 Å². The van der Waals surface area contributed by atoms with E-state index in [4.69, 9.17) is 0 Å². The van der Waals surface area contributed by atoms with Gasteiger partial charge < -0.3 is 0 Å². The first kappa shape index (κ1) is 11.1. The maximum Gasteiger partial charge on any atom is -0.0321 e. The summed E-state index contributed by atoms with van der Waals surface area (Å²) in [4.78, 5) is 0. The van der Waals surface area contributed by atoms with Crippen LogP contribution in [0.25, 0.3) is 0 Å². The van der Waals surface area contributed by atoms with E-state index in [-0.39, 0.29) is 0 Å². The summed E-state index contributed by atoms with van der Waals surface area (Å²) >= 11 is 0. The van der Waals surface area contributed by atoms with E-state index in [1.165, 1.54) is 32.1 Å². The van der Waals surface area contributed by atoms with Gasteiger partial charge in [-0.15, -0.1) is 0 Å². The van der Waals surface area contributed by atoms with Crippen molar-refractivity contribution in [3.8, 4) is 0 Å². The summed E-state index contributed by atoms with van der Waals surface area (Å²) in [6.07, 6.45) is 7.26. The Morgan fingerprint density at radius 3 is 1.77 bits per heavy atom. The molecule has 0 amide bonds. The average Bonchev–Trinajstić information content (AvgIpc) is 2.29. The third kappa shape index (κ3) is 3.32. The van der Waals surface area contributed by atoms with Gasteiger partial charge in [-0.3, -0.25) is 0 Å². The van der Waals surface area contributed by atoms with E-state index < -0.39 is 0 Å². The van der Waals surface area contributed by atoms with Gasteiger partial charge in [0, 0.05) is 0 Å². The van der Waals surface area contributed by atoms with Crippen LogP contribution in [0.3, 0.4) is 0 Å². The van der Waals surface area contributed by atoms with Crippen LogP contribution >= 0.6 is 0 Å². The molecule has 0 atom stereocenters. The van der Waals surface area contributed by atoms with Gasteiger partial charge in [0.15, 0.2) is 0 Å². The molecular formula is C13H26. The molecule has 13 heavy (non-hydrogen) atoms. The Balaban J connectivity index is 2.53. The van der Waals surface area contributed by atoms with Gasteiger partial charge in [-0.1, -0.05) is 47.5 Å². The van der Waals surface area contributed by atoms with Crippen molar-refractivity contribution in [1.82, 2.24) is 0 Å². The second kappa shape index (κ2) is 3.63. The molecule has 1 rings (SSSR count). The summed E-state index contributed by atoms with van der Waals surface area (Å²) in [5, 5.41) is 0. The molecule has 0 aliphatic heterocycles. The molecule has 1 fully saturated rings. The van der Waals surface area contributed by atoms with Gasteiger partial charge in [-0.05, 0) is 36.0 Å². The predicted octanol–water partition coefficient (Wildman–Crippen LogP) is 4.64. The molecule has 78 valence electrons. The second-order valence-corrected chi connectivity index (χ2v) is 6.71. The first-order valence-corrected chi connectivity index (χ1v) is 5.81. The minimum atomic E-state index is 0.492. The van der Waals surface area contributed by atoms with Gasteiger partial charge in [-0.2, -0.15) is 0 Å². The van der Waals surface area contributed by atoms with Gasteiger partial charge in [0.1, 0.15) is 0 Å². The zero-order valence-electron chi connectivity index (χ0n) is 10.1. The lowest BCUT2D eigenvalue weighted by Crippen LogP contribution is -2.27. The topological polar surface area (TPSA) is 0 Å². The van der Waals surface area contributed by atoms with Crippen LogP contribution in [-0.4, -0.2) is 0 Å². The highest BCUT2D eigenvalue weighted by Gasteiger charge is 2.34. The molecule has 0 unspecified atom stereocenters. The third-order valence-electron chi connectivity index (χ3n) is 3.45. The van der Waals surface area contributed by atoms with Crippen LogP contribution in [0, 0.1) is 16.7 Å². The van der Waals surface area contributed by atoms with Crippen molar-refractivity contribution in [1.29, 1.82) is 0 Å². The largest absolute Gasteiger partial charge is 0.0602 e. The summed E-state index contributed by atoms with van der Waals surface area (Å²) < 4.78 is 0. The van der Waals surface area contributed by atoms with Crippen molar-refractivity contribution in [3.63, 3.8) is 0 Å². The molecule has 0 aromatic heterocycles. The van der Waals surface area contributed by atoms with Crippen molar-refractivity contribution < 1.29 is 0 Å². The van der Waals surface area contributed by atoms with E-state index in [0.717, 1.165) is 5.92 Å². The smallest absolute Gasteiger partial charge is 0.0321 e. The van der Waals surface area contributed by atoms with Crippen molar-refractivity contribution in [2.24, 2.45) is 16.7 Å². The molecule has 0 bridgehead atoms. The van der Waals surface area contributed by atoms with E-state index >= 15 is 0 Å². The fourth-order valence-electron chi connectivity index (χ4n) is 3.22. The number of hydrogen-bond donors (Lipinski definition) is 0. The van der Waals surface area contributed by atoms with Crippen LogP contribution in [-0.2, 0) is 0 Å². The third-order valence-corrected chi connectivity index (χ3v) is 3.45. The first-order chi connectivity index (χ1) is 5.81. The van der Waals surface area contributed by atoms with Gasteiger partial charge in [0.25, 0.3) is 0 Å². The summed E-state index contributed by atoms with van der Waals surface area (Å²) in [5.41, 5.74) is 1.06. The quantitative estimate of drug-likeness (QED) is 0.583. The molecule has 0 N–H and O–H groups in total. The monoisotopic (exact) mass is 182 g/mol. The normalized spacial score (nSPS) is 21.0. The molecule has 0 aromatic rings. The molecule has 0 heteroatoms. The summed E-state index contributed by atoms with van der Waals surface area (Å²) in [6.45, 7) is 12.0. The van der Waals surface area contributed by atoms with Gasteiger partial charge in [-0.25, -0.2) is 0 Å². The molecule has 0 radical (unpaired) electrons. The Morgan fingerprint density at radius 1 is 0.923 bits per heavy atom. The Kier molecular flexibility index (Phi) is 3.09. The van der Waals surface area contributed by atoms with Crippen molar-refractivity contribution in [2.75, 3.05) is 0 Å². The molecule has 0 aromatic carbocycles. The highest BCUT2D eigenvalue weighted by molar-refractivity contribution is 4.85. The highest BCUT2D eigenvalue weighted by atomic mass is 14.4. The van der Waals surface area contributed by atoms with Crippen molar-refractivity contribution >= 4 is 0 Å². The average molecular weight is 182 g/mol. The van der Waals surface area contributed by atoms with Gasteiger partial charge >= 0.3 is 0 Å². The number of hydrogen-bond acceptors (Lipinski definition) is 0. The van der Waals surface area contributed by atoms with Gasteiger partial charge in [0.05, 0.1) is 0 Å². The zero-order valence-corrected chi connectivity index (χ0v) is 10.1. The molecule has 0 heterocycles. The second-order valence-electron chi connectivity index (χ2n) is 6.71. The summed E-state index contributed by atoms with van der Waals surface area (Å²) in [7, 11) is 0. The minimum Gasteiger partial charge on any atom is -0.0602 e. The van der Waals surface area contributed by atoms with Crippen LogP contribution in [0.1, 0.15) is 66.7 Å². The van der Waals surface area contributed by atoms with Crippen molar-refractivity contribution in [3.05, 3.63) is 0 Å². The maximum atomic E-state index is 2.47. The zero-order chi connectivity index (χ0) is 10.1. The fourth-order valence-corrected chi connectivity index (χ4v) is 3.22. The molecule has 1 aliphatic rings. The predicted molar refractivity (Wildman–Crippen MR) is 59.8 cm³/mol. The molecule has 0 spiro atoms. The van der Waals surface area contributed by atoms with Crippen molar-refractivity contribution in [2.45, 2.75) is 66.7 Å². The number of rotatable bonds is 2. The van der Waals surface area contributed by atoms with Crippen LogP contribution in [0.5, 0.6) is 0 Å². The lowest BCUT2D eigenvalue weighted by molar-refractivity contribution is 0.133. The minimum absolute atomic E-state index is 0.492. The van der Waals surface area contributed by atoms with E-state index in [1.807, 2.05) is 0 Å². The Labute approximate surface area is 84.1 Å². The van der Waals surface area contributed by atoms with E-state index in [9.17, 15) is 0 Å². The van der Waals surface area contributed by atoms with E-state index in [1.54, 1.807) is 0 Å². The summed E-state index contributed by atoms with van der Waals surface area (Å²) in [6, 6.07) is 0. The molecule has 1 saturated carbocycles. The van der Waals surface area contributed by atoms with E-state index in [2.05, 4.69) is 34.6 Å². The Morgan fingerprint density at radius 2 is 1.38 bits per heavy atom. The fraction of sp³-hybridized carbons (Fsp3) is 1.00. The van der Waals surface area contributed by atoms with Gasteiger partial charge in [0.2, 0.25) is 0 Å². The van der Waals surface area contributed by atoms with Crippen LogP contribution in [0.15, 0.2) is 0 Å². The molecule has 0 nitrogen and oxygen atoms in total. The lowest BCUT2D eigenvalue weighted by atomic mass is 9.68. The highest BCUT2D eigenvalue weighted by Crippen LogP contribution is 2.45. The standard InChI is InChI=1S/C13H26/c1-12(2,3)10-13(4,5)11-8-6-7-9-11/h11H,6-10H2,1-5H3. The first-order valence-electron chi connectivity index (χ1n) is 5.81. The molecule has 1 aliphatic carbocycles.